The summed E-state index contributed by atoms with van der Waals surface area (Å²) in [5, 5.41) is 7.03. The van der Waals surface area contributed by atoms with Crippen molar-refractivity contribution in [2.45, 2.75) is 6.42 Å². The summed E-state index contributed by atoms with van der Waals surface area (Å²) in [4.78, 5) is 0. The zero-order valence-electron chi connectivity index (χ0n) is 3.94. The minimum Gasteiger partial charge on any atom is -0.309 e. The molecule has 1 N–H and O–H groups in total. The lowest BCUT2D eigenvalue weighted by atomic mass is 10.3. The van der Waals surface area contributed by atoms with Crippen LogP contribution in [0, 0.1) is 5.41 Å². The topological polar surface area (TPSA) is 23.9 Å². The summed E-state index contributed by atoms with van der Waals surface area (Å²) in [6.45, 7) is 0. The van der Waals surface area contributed by atoms with Gasteiger partial charge in [0.25, 0.3) is 0 Å². The predicted octanol–water partition coefficient (Wildman–Crippen LogP) is 1.56. The first-order chi connectivity index (χ1) is 2.89. The number of nitrogens with one attached hydrogen (secondary N) is 1. The van der Waals surface area contributed by atoms with Gasteiger partial charge in [-0.15, -0.1) is 12.4 Å². The molecule has 1 fully saturated rings. The van der Waals surface area contributed by atoms with Gasteiger partial charge in [-0.05, 0) is 12.2 Å². The Morgan fingerprint density at radius 3 is 2.43 bits per heavy atom. The van der Waals surface area contributed by atoms with Crippen LogP contribution in [0.25, 0.3) is 0 Å². The Morgan fingerprint density at radius 2 is 2.29 bits per heavy atom. The molecule has 1 aliphatic heterocycles. The van der Waals surface area contributed by atoms with Gasteiger partial charge in [0.05, 0.1) is 0 Å². The van der Waals surface area contributed by atoms with Crippen LogP contribution < -0.4 is 0 Å². The van der Waals surface area contributed by atoms with Gasteiger partial charge in [-0.1, -0.05) is 0 Å². The van der Waals surface area contributed by atoms with Crippen LogP contribution in [-0.2, 0) is 0 Å². The van der Waals surface area contributed by atoms with Crippen LogP contribution in [-0.4, -0.2) is 17.2 Å². The zero-order chi connectivity index (χ0) is 4.41. The van der Waals surface area contributed by atoms with Gasteiger partial charge in [-0.3, -0.25) is 0 Å². The second-order valence-corrected chi connectivity index (χ2v) is 2.51. The van der Waals surface area contributed by atoms with Crippen molar-refractivity contribution in [3.8, 4) is 0 Å². The summed E-state index contributed by atoms with van der Waals surface area (Å²) in [6.07, 6.45) is 1.03. The first kappa shape index (κ1) is 7.31. The van der Waals surface area contributed by atoms with Gasteiger partial charge in [0.15, 0.2) is 0 Å². The molecule has 1 saturated heterocycles. The van der Waals surface area contributed by atoms with E-state index in [2.05, 4.69) is 0 Å². The van der Waals surface area contributed by atoms with E-state index in [1.165, 1.54) is 5.75 Å². The monoisotopic (exact) mass is 137 g/mol. The van der Waals surface area contributed by atoms with E-state index in [-0.39, 0.29) is 12.4 Å². The van der Waals surface area contributed by atoms with Gasteiger partial charge < -0.3 is 5.41 Å². The summed E-state index contributed by atoms with van der Waals surface area (Å²) >= 11 is 1.86. The SMILES string of the molecule is Cl.N=C1CCSC1. The van der Waals surface area contributed by atoms with E-state index in [0.29, 0.717) is 0 Å². The molecule has 42 valence electrons. The minimum atomic E-state index is 0. The molecule has 0 aromatic carbocycles. The van der Waals surface area contributed by atoms with E-state index in [9.17, 15) is 0 Å². The molecule has 0 bridgehead atoms. The normalized spacial score (nSPS) is 19.1. The number of rotatable bonds is 0. The minimum absolute atomic E-state index is 0. The maximum Gasteiger partial charge on any atom is 0.0312 e. The number of halogens is 1. The highest BCUT2D eigenvalue weighted by molar-refractivity contribution is 8.00. The lowest BCUT2D eigenvalue weighted by Gasteiger charge is -1.76. The molecule has 0 aromatic heterocycles. The van der Waals surface area contributed by atoms with Crippen molar-refractivity contribution >= 4 is 29.9 Å². The van der Waals surface area contributed by atoms with Crippen LogP contribution in [0.4, 0.5) is 0 Å². The highest BCUT2D eigenvalue weighted by Gasteiger charge is 2.03. The zero-order valence-corrected chi connectivity index (χ0v) is 5.57. The van der Waals surface area contributed by atoms with Crippen LogP contribution in [0.15, 0.2) is 0 Å². The highest BCUT2D eigenvalue weighted by atomic mass is 35.5. The summed E-state index contributed by atoms with van der Waals surface area (Å²) in [6, 6.07) is 0. The van der Waals surface area contributed by atoms with E-state index in [4.69, 9.17) is 5.41 Å². The fraction of sp³-hybridized carbons (Fsp3) is 0.750. The Kier molecular flexibility index (Phi) is 3.48. The molecular formula is C4H8ClNS. The Hall–Kier alpha value is 0.310. The summed E-state index contributed by atoms with van der Waals surface area (Å²) in [5.41, 5.74) is 0.917. The van der Waals surface area contributed by atoms with Gasteiger partial charge in [0, 0.05) is 11.5 Å². The summed E-state index contributed by atoms with van der Waals surface area (Å²) < 4.78 is 0. The molecule has 0 aromatic rings. The van der Waals surface area contributed by atoms with E-state index in [1.807, 2.05) is 11.8 Å². The van der Waals surface area contributed by atoms with Crippen molar-refractivity contribution in [3.05, 3.63) is 0 Å². The van der Waals surface area contributed by atoms with Crippen LogP contribution in [0.1, 0.15) is 6.42 Å². The highest BCUT2D eigenvalue weighted by Crippen LogP contribution is 2.11. The molecule has 0 radical (unpaired) electrons. The molecule has 0 spiro atoms. The molecule has 0 saturated carbocycles. The fourth-order valence-electron chi connectivity index (χ4n) is 0.463. The third-order valence-corrected chi connectivity index (χ3v) is 1.87. The summed E-state index contributed by atoms with van der Waals surface area (Å²) in [5.74, 6) is 2.17. The van der Waals surface area contributed by atoms with Crippen LogP contribution >= 0.6 is 24.2 Å². The maximum atomic E-state index is 7.03. The van der Waals surface area contributed by atoms with E-state index < -0.39 is 0 Å². The van der Waals surface area contributed by atoms with Gasteiger partial charge in [0.2, 0.25) is 0 Å². The molecule has 0 amide bonds. The Labute approximate surface area is 53.8 Å². The van der Waals surface area contributed by atoms with Gasteiger partial charge in [0.1, 0.15) is 0 Å². The first-order valence-corrected chi connectivity index (χ1v) is 3.19. The number of hydrogen-bond acceptors (Lipinski definition) is 2. The second-order valence-electron chi connectivity index (χ2n) is 1.41. The number of thioether (sulfide) groups is 1. The van der Waals surface area contributed by atoms with Gasteiger partial charge >= 0.3 is 0 Å². The molecule has 1 aliphatic rings. The van der Waals surface area contributed by atoms with Crippen molar-refractivity contribution in [1.29, 1.82) is 5.41 Å². The lowest BCUT2D eigenvalue weighted by Crippen LogP contribution is -1.87. The smallest absolute Gasteiger partial charge is 0.0312 e. The largest absolute Gasteiger partial charge is 0.309 e. The molecule has 1 rings (SSSR count). The second kappa shape index (κ2) is 3.33. The Bertz CT molecular complexity index is 66.1. The third kappa shape index (κ3) is 2.19. The van der Waals surface area contributed by atoms with Gasteiger partial charge in [-0.2, -0.15) is 11.8 Å². The molecule has 0 unspecified atom stereocenters. The standard InChI is InChI=1S/C4H7NS.ClH/c5-4-1-2-6-3-4;/h5H,1-3H2;1H. The van der Waals surface area contributed by atoms with Crippen molar-refractivity contribution in [2.75, 3.05) is 11.5 Å². The Balaban J connectivity index is 0.000000360. The van der Waals surface area contributed by atoms with Crippen molar-refractivity contribution in [2.24, 2.45) is 0 Å². The van der Waals surface area contributed by atoms with Crippen molar-refractivity contribution < 1.29 is 0 Å². The average molecular weight is 138 g/mol. The van der Waals surface area contributed by atoms with Crippen LogP contribution in [0.3, 0.4) is 0 Å². The quantitative estimate of drug-likeness (QED) is 0.539. The molecular weight excluding hydrogens is 130 g/mol. The molecule has 7 heavy (non-hydrogen) atoms. The lowest BCUT2D eigenvalue weighted by molar-refractivity contribution is 1.29. The third-order valence-electron chi connectivity index (χ3n) is 0.824. The maximum absolute atomic E-state index is 7.03. The first-order valence-electron chi connectivity index (χ1n) is 2.03. The average Bonchev–Trinajstić information content (AvgIpc) is 1.86. The van der Waals surface area contributed by atoms with E-state index in [1.54, 1.807) is 0 Å². The predicted molar refractivity (Wildman–Crippen MR) is 36.9 cm³/mol. The van der Waals surface area contributed by atoms with Crippen molar-refractivity contribution in [1.82, 2.24) is 0 Å². The van der Waals surface area contributed by atoms with Crippen LogP contribution in [0.2, 0.25) is 0 Å². The molecule has 1 heterocycles. The Morgan fingerprint density at radius 1 is 1.57 bits per heavy atom. The molecule has 0 atom stereocenters. The molecule has 3 heteroatoms. The fourth-order valence-corrected chi connectivity index (χ4v) is 1.39. The molecule has 0 aliphatic carbocycles. The number of hydrogen-bond donors (Lipinski definition) is 1. The van der Waals surface area contributed by atoms with Gasteiger partial charge in [-0.25, -0.2) is 0 Å². The van der Waals surface area contributed by atoms with E-state index >= 15 is 0 Å². The summed E-state index contributed by atoms with van der Waals surface area (Å²) in [7, 11) is 0. The van der Waals surface area contributed by atoms with Crippen molar-refractivity contribution in [3.63, 3.8) is 0 Å². The van der Waals surface area contributed by atoms with Crippen LogP contribution in [0.5, 0.6) is 0 Å². The van der Waals surface area contributed by atoms with E-state index in [0.717, 1.165) is 17.9 Å². The molecule has 1 nitrogen and oxygen atoms in total.